The summed E-state index contributed by atoms with van der Waals surface area (Å²) in [4.78, 5) is 41.4. The summed E-state index contributed by atoms with van der Waals surface area (Å²) in [6.07, 6.45) is -4.78. The molecular weight excluding hydrogens is 443 g/mol. The minimum absolute atomic E-state index is 0.000333. The fourth-order valence-electron chi connectivity index (χ4n) is 5.30. The number of carbonyl (C=O) groups is 3. The summed E-state index contributed by atoms with van der Waals surface area (Å²) in [6, 6.07) is 4.22. The Balaban J connectivity index is 1.70. The Morgan fingerprint density at radius 1 is 1.21 bits per heavy atom. The molecule has 176 valence electrons. The van der Waals surface area contributed by atoms with Gasteiger partial charge in [-0.25, -0.2) is 9.69 Å². The summed E-state index contributed by atoms with van der Waals surface area (Å²) in [7, 11) is 0. The maximum absolute atomic E-state index is 13.4. The maximum Gasteiger partial charge on any atom is 0.417 e. The van der Waals surface area contributed by atoms with Crippen LogP contribution in [0.4, 0.5) is 23.7 Å². The molecule has 2 bridgehead atoms. The summed E-state index contributed by atoms with van der Waals surface area (Å²) in [5.74, 6) is -3.36. The van der Waals surface area contributed by atoms with E-state index in [0.717, 1.165) is 17.0 Å². The van der Waals surface area contributed by atoms with Gasteiger partial charge in [0.15, 0.2) is 0 Å². The number of morpholine rings is 1. The quantitative estimate of drug-likeness (QED) is 0.636. The first-order chi connectivity index (χ1) is 15.4. The molecule has 0 unspecified atom stereocenters. The number of nitrogens with zero attached hydrogens (tertiary/aromatic N) is 3. The number of hydrogen-bond acceptors (Lipinski definition) is 6. The highest BCUT2D eigenvalue weighted by atomic mass is 19.4. The van der Waals surface area contributed by atoms with Crippen LogP contribution in [0, 0.1) is 23.2 Å². The molecule has 4 atom stereocenters. The van der Waals surface area contributed by atoms with Crippen molar-refractivity contribution in [2.75, 3.05) is 24.6 Å². The lowest BCUT2D eigenvalue weighted by Crippen LogP contribution is -2.59. The van der Waals surface area contributed by atoms with Gasteiger partial charge in [0.2, 0.25) is 11.8 Å². The van der Waals surface area contributed by atoms with Gasteiger partial charge >= 0.3 is 12.3 Å². The lowest BCUT2D eigenvalue weighted by Gasteiger charge is -2.44. The van der Waals surface area contributed by atoms with Gasteiger partial charge in [0.1, 0.15) is 0 Å². The molecule has 3 saturated heterocycles. The van der Waals surface area contributed by atoms with Crippen LogP contribution >= 0.6 is 0 Å². The molecule has 33 heavy (non-hydrogen) atoms. The molecule has 4 rings (SSSR count). The van der Waals surface area contributed by atoms with Crippen LogP contribution in [0.3, 0.4) is 0 Å². The molecular formula is C22H22F3N3O5. The van der Waals surface area contributed by atoms with Gasteiger partial charge in [-0.05, 0) is 38.5 Å². The molecule has 0 radical (unpaired) electrons. The highest BCUT2D eigenvalue weighted by Crippen LogP contribution is 2.55. The lowest BCUT2D eigenvalue weighted by atomic mass is 9.79. The fourth-order valence-corrected chi connectivity index (χ4v) is 5.30. The molecule has 8 nitrogen and oxygen atoms in total. The van der Waals surface area contributed by atoms with Crippen molar-refractivity contribution in [3.63, 3.8) is 0 Å². The number of rotatable bonds is 3. The van der Waals surface area contributed by atoms with Crippen molar-refractivity contribution in [1.29, 1.82) is 5.26 Å². The molecule has 0 aromatic heterocycles. The standard InChI is InChI=1S/C22H22F3N3O5/c1-4-7-32-19(31)27-10-20(2)15-16(21(3,11-27)33-20)18(30)28(17(15)29)13-6-5-12(9-26)14(8-13)22(23,24)25/h5-6,8,15-16H,4,7,10-11H2,1-3H3/t15-,16+,20-,21+. The minimum Gasteiger partial charge on any atom is -0.449 e. The Labute approximate surface area is 187 Å². The van der Waals surface area contributed by atoms with Crippen molar-refractivity contribution in [1.82, 2.24) is 4.90 Å². The summed E-state index contributed by atoms with van der Waals surface area (Å²) in [5, 5.41) is 9.02. The predicted molar refractivity (Wildman–Crippen MR) is 107 cm³/mol. The number of ether oxygens (including phenoxy) is 2. The molecule has 0 spiro atoms. The van der Waals surface area contributed by atoms with Gasteiger partial charge in [-0.1, -0.05) is 6.92 Å². The summed E-state index contributed by atoms with van der Waals surface area (Å²) in [5.41, 5.74) is -4.52. The Morgan fingerprint density at radius 2 is 1.79 bits per heavy atom. The zero-order chi connectivity index (χ0) is 24.3. The number of nitriles is 1. The molecule has 1 aromatic carbocycles. The molecule has 0 aliphatic carbocycles. The predicted octanol–water partition coefficient (Wildman–Crippen LogP) is 3.09. The van der Waals surface area contributed by atoms with Gasteiger partial charge in [0, 0.05) is 0 Å². The lowest BCUT2D eigenvalue weighted by molar-refractivity contribution is -0.164. The zero-order valence-electron chi connectivity index (χ0n) is 18.2. The third kappa shape index (κ3) is 3.44. The number of imide groups is 1. The van der Waals surface area contributed by atoms with Gasteiger partial charge in [-0.15, -0.1) is 0 Å². The molecule has 3 aliphatic rings. The summed E-state index contributed by atoms with van der Waals surface area (Å²) < 4.78 is 51.6. The van der Waals surface area contributed by atoms with E-state index in [1.54, 1.807) is 13.8 Å². The molecule has 0 saturated carbocycles. The highest BCUT2D eigenvalue weighted by molar-refractivity contribution is 6.23. The Bertz CT molecular complexity index is 1050. The number of halogens is 3. The van der Waals surface area contributed by atoms with E-state index in [-0.39, 0.29) is 25.4 Å². The van der Waals surface area contributed by atoms with Crippen LogP contribution in [0.15, 0.2) is 18.2 Å². The largest absolute Gasteiger partial charge is 0.449 e. The second-order valence-electron chi connectivity index (χ2n) is 9.00. The summed E-state index contributed by atoms with van der Waals surface area (Å²) in [6.45, 7) is 5.30. The number of benzene rings is 1. The van der Waals surface area contributed by atoms with Crippen LogP contribution in [0.1, 0.15) is 38.3 Å². The van der Waals surface area contributed by atoms with E-state index in [0.29, 0.717) is 12.5 Å². The first-order valence-electron chi connectivity index (χ1n) is 10.5. The van der Waals surface area contributed by atoms with E-state index >= 15 is 0 Å². The van der Waals surface area contributed by atoms with Crippen LogP contribution in [-0.2, 0) is 25.2 Å². The fraction of sp³-hybridized carbons (Fsp3) is 0.545. The van der Waals surface area contributed by atoms with E-state index in [1.165, 1.54) is 11.0 Å². The van der Waals surface area contributed by atoms with Crippen LogP contribution < -0.4 is 4.90 Å². The monoisotopic (exact) mass is 465 g/mol. The first kappa shape index (κ1) is 23.0. The van der Waals surface area contributed by atoms with Crippen LogP contribution in [0.2, 0.25) is 0 Å². The number of amides is 3. The molecule has 3 amide bonds. The zero-order valence-corrected chi connectivity index (χ0v) is 18.2. The SMILES string of the molecule is CCCOC(=O)N1C[C@@]2(C)O[C@@](C)(C1)[C@@H]1C(=O)N(c3ccc(C#N)c(C(F)(F)F)c3)C(=O)[C@@H]12. The van der Waals surface area contributed by atoms with Crippen LogP contribution in [0.5, 0.6) is 0 Å². The maximum atomic E-state index is 13.4. The van der Waals surface area contributed by atoms with Crippen molar-refractivity contribution in [2.24, 2.45) is 11.8 Å². The highest BCUT2D eigenvalue weighted by Gasteiger charge is 2.72. The van der Waals surface area contributed by atoms with E-state index in [2.05, 4.69) is 0 Å². The third-order valence-electron chi connectivity index (χ3n) is 6.47. The van der Waals surface area contributed by atoms with Crippen LogP contribution in [-0.4, -0.2) is 53.7 Å². The second kappa shape index (κ2) is 7.45. The summed E-state index contributed by atoms with van der Waals surface area (Å²) >= 11 is 0. The number of carbonyl (C=O) groups excluding carboxylic acids is 3. The Hall–Kier alpha value is -3.13. The second-order valence-corrected chi connectivity index (χ2v) is 9.00. The topological polar surface area (TPSA) is 99.9 Å². The molecule has 0 N–H and O–H groups in total. The number of hydrogen-bond donors (Lipinski definition) is 0. The van der Waals surface area contributed by atoms with Gasteiger partial charge in [0.25, 0.3) is 0 Å². The normalized spacial score (nSPS) is 30.9. The average molecular weight is 465 g/mol. The van der Waals surface area contributed by atoms with Crippen LogP contribution in [0.25, 0.3) is 0 Å². The third-order valence-corrected chi connectivity index (χ3v) is 6.47. The van der Waals surface area contributed by atoms with Crippen molar-refractivity contribution < 1.29 is 37.0 Å². The number of alkyl halides is 3. The molecule has 3 fully saturated rings. The van der Waals surface area contributed by atoms with Crippen molar-refractivity contribution >= 4 is 23.6 Å². The number of fused-ring (bicyclic) bond motifs is 5. The van der Waals surface area contributed by atoms with E-state index < -0.39 is 58.2 Å². The van der Waals surface area contributed by atoms with Gasteiger partial charge in [0.05, 0.1) is 65.6 Å². The van der Waals surface area contributed by atoms with Gasteiger partial charge in [-0.2, -0.15) is 18.4 Å². The smallest absolute Gasteiger partial charge is 0.417 e. The molecule has 3 heterocycles. The number of likely N-dealkylation sites (tertiary alicyclic amines) is 1. The van der Waals surface area contributed by atoms with Gasteiger partial charge < -0.3 is 14.4 Å². The van der Waals surface area contributed by atoms with Crippen molar-refractivity contribution in [3.8, 4) is 6.07 Å². The molecule has 3 aliphatic heterocycles. The van der Waals surface area contributed by atoms with E-state index in [9.17, 15) is 27.6 Å². The van der Waals surface area contributed by atoms with E-state index in [4.69, 9.17) is 14.7 Å². The van der Waals surface area contributed by atoms with Crippen molar-refractivity contribution in [3.05, 3.63) is 29.3 Å². The Kier molecular flexibility index (Phi) is 5.20. The molecule has 1 aromatic rings. The number of anilines is 1. The minimum atomic E-state index is -4.83. The molecule has 11 heteroatoms. The Morgan fingerprint density at radius 3 is 2.27 bits per heavy atom. The first-order valence-corrected chi connectivity index (χ1v) is 10.5. The average Bonchev–Trinajstić information content (AvgIpc) is 3.10. The van der Waals surface area contributed by atoms with E-state index in [1.807, 2.05) is 6.92 Å². The van der Waals surface area contributed by atoms with Gasteiger partial charge in [-0.3, -0.25) is 9.59 Å². The van der Waals surface area contributed by atoms with Crippen molar-refractivity contribution in [2.45, 2.75) is 44.6 Å².